The molecule has 1 aromatic rings. The third-order valence-electron chi connectivity index (χ3n) is 2.09. The van der Waals surface area contributed by atoms with Gasteiger partial charge in [-0.2, -0.15) is 0 Å². The molecule has 1 amide bonds. The first-order valence-corrected chi connectivity index (χ1v) is 7.26. The van der Waals surface area contributed by atoms with Gasteiger partial charge in [0.25, 0.3) is 5.91 Å². The van der Waals surface area contributed by atoms with Crippen LogP contribution in [0.3, 0.4) is 0 Å². The molecule has 1 rings (SSSR count). The van der Waals surface area contributed by atoms with E-state index >= 15 is 0 Å². The second-order valence-corrected chi connectivity index (χ2v) is 5.62. The van der Waals surface area contributed by atoms with Gasteiger partial charge < -0.3 is 5.32 Å². The van der Waals surface area contributed by atoms with Crippen LogP contribution in [0.2, 0.25) is 0 Å². The molecular weight excluding hydrogens is 259 g/mol. The van der Waals surface area contributed by atoms with Crippen LogP contribution in [-0.2, 0) is 10.0 Å². The number of carbonyl (C=O) groups excluding carboxylic acids is 1. The SMILES string of the molecule is CS(=O)(=O)NCCCNC(=O)c1cccc(F)c1. The molecular formula is C11H15FN2O3S. The van der Waals surface area contributed by atoms with Crippen molar-refractivity contribution in [2.24, 2.45) is 0 Å². The lowest BCUT2D eigenvalue weighted by Crippen LogP contribution is -2.29. The van der Waals surface area contributed by atoms with Gasteiger partial charge in [-0.15, -0.1) is 0 Å². The average molecular weight is 274 g/mol. The molecule has 0 saturated heterocycles. The van der Waals surface area contributed by atoms with Crippen LogP contribution >= 0.6 is 0 Å². The fourth-order valence-corrected chi connectivity index (χ4v) is 1.79. The molecule has 0 bridgehead atoms. The summed E-state index contributed by atoms with van der Waals surface area (Å²) < 4.78 is 36.6. The monoisotopic (exact) mass is 274 g/mol. The van der Waals surface area contributed by atoms with Crippen LogP contribution in [-0.4, -0.2) is 33.7 Å². The van der Waals surface area contributed by atoms with Gasteiger partial charge in [0.05, 0.1) is 6.26 Å². The number of hydrogen-bond donors (Lipinski definition) is 2. The first-order chi connectivity index (χ1) is 8.38. The maximum absolute atomic E-state index is 12.8. The van der Waals surface area contributed by atoms with E-state index < -0.39 is 15.8 Å². The lowest BCUT2D eigenvalue weighted by molar-refractivity contribution is 0.0953. The van der Waals surface area contributed by atoms with Crippen LogP contribution in [0.15, 0.2) is 24.3 Å². The molecule has 7 heteroatoms. The van der Waals surface area contributed by atoms with Gasteiger partial charge in [-0.3, -0.25) is 4.79 Å². The Bertz CT molecular complexity index is 517. The lowest BCUT2D eigenvalue weighted by Gasteiger charge is -2.05. The van der Waals surface area contributed by atoms with E-state index in [-0.39, 0.29) is 18.0 Å². The second-order valence-electron chi connectivity index (χ2n) is 3.79. The minimum atomic E-state index is -3.19. The number of hydrogen-bond acceptors (Lipinski definition) is 3. The molecule has 18 heavy (non-hydrogen) atoms. The van der Waals surface area contributed by atoms with Crippen LogP contribution in [0.1, 0.15) is 16.8 Å². The molecule has 1 aromatic carbocycles. The summed E-state index contributed by atoms with van der Waals surface area (Å²) in [6.07, 6.45) is 1.53. The molecule has 0 unspecified atom stereocenters. The number of amides is 1. The smallest absolute Gasteiger partial charge is 0.251 e. The Morgan fingerprint density at radius 2 is 2.06 bits per heavy atom. The van der Waals surface area contributed by atoms with E-state index in [0.717, 1.165) is 12.3 Å². The van der Waals surface area contributed by atoms with Gasteiger partial charge in [0.1, 0.15) is 5.82 Å². The predicted octanol–water partition coefficient (Wildman–Crippen LogP) is 0.495. The highest BCUT2D eigenvalue weighted by atomic mass is 32.2. The summed E-state index contributed by atoms with van der Waals surface area (Å²) in [5.41, 5.74) is 0.242. The minimum Gasteiger partial charge on any atom is -0.352 e. The molecule has 0 radical (unpaired) electrons. The number of carbonyl (C=O) groups is 1. The van der Waals surface area contributed by atoms with E-state index in [1.165, 1.54) is 18.2 Å². The van der Waals surface area contributed by atoms with E-state index in [4.69, 9.17) is 0 Å². The quantitative estimate of drug-likeness (QED) is 0.742. The van der Waals surface area contributed by atoms with E-state index in [0.29, 0.717) is 13.0 Å². The first kappa shape index (κ1) is 14.6. The third kappa shape index (κ3) is 5.74. The Morgan fingerprint density at radius 3 is 2.67 bits per heavy atom. The van der Waals surface area contributed by atoms with Gasteiger partial charge >= 0.3 is 0 Å². The van der Waals surface area contributed by atoms with Crippen molar-refractivity contribution in [3.63, 3.8) is 0 Å². The van der Waals surface area contributed by atoms with Crippen LogP contribution in [0.5, 0.6) is 0 Å². The van der Waals surface area contributed by atoms with Crippen molar-refractivity contribution >= 4 is 15.9 Å². The largest absolute Gasteiger partial charge is 0.352 e. The Kier molecular flexibility index (Phi) is 5.24. The molecule has 0 aliphatic carbocycles. The van der Waals surface area contributed by atoms with Gasteiger partial charge in [0, 0.05) is 18.7 Å². The molecule has 100 valence electrons. The molecule has 0 fully saturated rings. The molecule has 0 heterocycles. The van der Waals surface area contributed by atoms with Crippen LogP contribution in [0, 0.1) is 5.82 Å². The number of halogens is 1. The number of sulfonamides is 1. The third-order valence-corrected chi connectivity index (χ3v) is 2.82. The molecule has 0 spiro atoms. The van der Waals surface area contributed by atoms with Crippen molar-refractivity contribution < 1.29 is 17.6 Å². The Morgan fingerprint density at radius 1 is 1.33 bits per heavy atom. The summed E-state index contributed by atoms with van der Waals surface area (Å²) in [4.78, 5) is 11.5. The van der Waals surface area contributed by atoms with Crippen LogP contribution < -0.4 is 10.0 Å². The highest BCUT2D eigenvalue weighted by Gasteiger charge is 2.05. The van der Waals surface area contributed by atoms with Gasteiger partial charge in [-0.05, 0) is 24.6 Å². The first-order valence-electron chi connectivity index (χ1n) is 5.37. The molecule has 5 nitrogen and oxygen atoms in total. The van der Waals surface area contributed by atoms with Gasteiger partial charge in [0.2, 0.25) is 10.0 Å². The summed E-state index contributed by atoms with van der Waals surface area (Å²) in [6, 6.07) is 5.36. The van der Waals surface area contributed by atoms with Crippen molar-refractivity contribution in [1.29, 1.82) is 0 Å². The highest BCUT2D eigenvalue weighted by Crippen LogP contribution is 2.02. The van der Waals surface area contributed by atoms with E-state index in [1.807, 2.05) is 0 Å². The Balaban J connectivity index is 2.30. The zero-order valence-electron chi connectivity index (χ0n) is 9.94. The fourth-order valence-electron chi connectivity index (χ4n) is 1.28. The van der Waals surface area contributed by atoms with Crippen molar-refractivity contribution in [2.45, 2.75) is 6.42 Å². The molecule has 0 saturated carbocycles. The fraction of sp³-hybridized carbons (Fsp3) is 0.364. The number of benzene rings is 1. The lowest BCUT2D eigenvalue weighted by atomic mass is 10.2. The molecule has 0 aromatic heterocycles. The Hall–Kier alpha value is -1.47. The van der Waals surface area contributed by atoms with Crippen molar-refractivity contribution in [3.8, 4) is 0 Å². The molecule has 2 N–H and O–H groups in total. The maximum atomic E-state index is 12.8. The van der Waals surface area contributed by atoms with Gasteiger partial charge in [-0.1, -0.05) is 6.07 Å². The highest BCUT2D eigenvalue weighted by molar-refractivity contribution is 7.88. The van der Waals surface area contributed by atoms with Crippen LogP contribution in [0.4, 0.5) is 4.39 Å². The van der Waals surface area contributed by atoms with Crippen molar-refractivity contribution in [1.82, 2.24) is 10.0 Å². The zero-order valence-corrected chi connectivity index (χ0v) is 10.8. The Labute approximate surface area is 105 Å². The number of nitrogens with one attached hydrogen (secondary N) is 2. The molecule has 0 aliphatic rings. The maximum Gasteiger partial charge on any atom is 0.251 e. The summed E-state index contributed by atoms with van der Waals surface area (Å²) in [5.74, 6) is -0.852. The minimum absolute atomic E-state index is 0.242. The topological polar surface area (TPSA) is 75.3 Å². The van der Waals surface area contributed by atoms with E-state index in [1.54, 1.807) is 0 Å². The normalized spacial score (nSPS) is 11.2. The van der Waals surface area contributed by atoms with Crippen LogP contribution in [0.25, 0.3) is 0 Å². The average Bonchev–Trinajstić information content (AvgIpc) is 2.26. The second kappa shape index (κ2) is 6.46. The van der Waals surface area contributed by atoms with Gasteiger partial charge in [0.15, 0.2) is 0 Å². The van der Waals surface area contributed by atoms with Crippen molar-refractivity contribution in [2.75, 3.05) is 19.3 Å². The zero-order chi connectivity index (χ0) is 13.6. The molecule has 0 atom stereocenters. The van der Waals surface area contributed by atoms with Crippen molar-refractivity contribution in [3.05, 3.63) is 35.6 Å². The summed E-state index contributed by atoms with van der Waals surface area (Å²) in [7, 11) is -3.19. The van der Waals surface area contributed by atoms with Gasteiger partial charge in [-0.25, -0.2) is 17.5 Å². The van der Waals surface area contributed by atoms with E-state index in [2.05, 4.69) is 10.0 Å². The standard InChI is InChI=1S/C11H15FN2O3S/c1-18(16,17)14-7-3-6-13-11(15)9-4-2-5-10(12)8-9/h2,4-5,8,14H,3,6-7H2,1H3,(H,13,15). The summed E-state index contributed by atoms with van der Waals surface area (Å²) >= 11 is 0. The predicted molar refractivity (Wildman–Crippen MR) is 66.2 cm³/mol. The van der Waals surface area contributed by atoms with E-state index in [9.17, 15) is 17.6 Å². The summed E-state index contributed by atoms with van der Waals surface area (Å²) in [5, 5.41) is 2.57. The summed E-state index contributed by atoms with van der Waals surface area (Å²) in [6.45, 7) is 0.570. The number of rotatable bonds is 6. The molecule has 0 aliphatic heterocycles.